The number of nitrogens with zero attached hydrogens (tertiary/aromatic N) is 4. The number of thiazole rings is 2. The van der Waals surface area contributed by atoms with E-state index in [2.05, 4.69) is 25.3 Å². The highest BCUT2D eigenvalue weighted by molar-refractivity contribution is 7.18. The van der Waals surface area contributed by atoms with Gasteiger partial charge in [-0.3, -0.25) is 4.79 Å². The monoisotopic (exact) mass is 664 g/mol. The zero-order chi connectivity index (χ0) is 34.1. The van der Waals surface area contributed by atoms with Crippen LogP contribution in [0.25, 0.3) is 32.8 Å². The first kappa shape index (κ1) is 34.6. The minimum atomic E-state index is -0.871. The summed E-state index contributed by atoms with van der Waals surface area (Å²) in [5, 5.41) is 13.7. The summed E-state index contributed by atoms with van der Waals surface area (Å²) < 4.78 is 0. The number of benzene rings is 2. The van der Waals surface area contributed by atoms with Gasteiger partial charge in [-0.1, -0.05) is 71.2 Å². The molecule has 0 spiro atoms. The van der Waals surface area contributed by atoms with Gasteiger partial charge in [-0.25, -0.2) is 24.7 Å². The van der Waals surface area contributed by atoms with Gasteiger partial charge in [0.25, 0.3) is 5.91 Å². The summed E-state index contributed by atoms with van der Waals surface area (Å²) in [5.74, 6) is -1.01. The first-order valence-electron chi connectivity index (χ1n) is 14.7. The Balaban J connectivity index is 0.000000176. The van der Waals surface area contributed by atoms with E-state index in [1.54, 1.807) is 54.1 Å². The predicted molar refractivity (Wildman–Crippen MR) is 195 cm³/mol. The summed E-state index contributed by atoms with van der Waals surface area (Å²) in [6.45, 7) is 11.5. The lowest BCUT2D eigenvalue weighted by Crippen LogP contribution is -2.13. The molecule has 47 heavy (non-hydrogen) atoms. The van der Waals surface area contributed by atoms with Crippen molar-refractivity contribution in [2.75, 3.05) is 11.1 Å². The first-order chi connectivity index (χ1) is 22.5. The number of nitrogens with one attached hydrogen (secondary N) is 1. The number of amides is 1. The Morgan fingerprint density at radius 3 is 1.77 bits per heavy atom. The lowest BCUT2D eigenvalue weighted by atomic mass is 10.0. The molecule has 4 N–H and O–H groups in total. The van der Waals surface area contributed by atoms with Crippen LogP contribution in [-0.2, 0) is 0 Å². The number of rotatable bonds is 5. The average molecular weight is 665 g/mol. The van der Waals surface area contributed by atoms with E-state index in [-0.39, 0.29) is 5.91 Å². The molecule has 1 amide bonds. The molecule has 0 unspecified atom stereocenters. The van der Waals surface area contributed by atoms with Crippen LogP contribution in [0.5, 0.6) is 0 Å². The van der Waals surface area contributed by atoms with Gasteiger partial charge in [0.1, 0.15) is 20.7 Å². The van der Waals surface area contributed by atoms with Crippen molar-refractivity contribution in [3.8, 4) is 0 Å². The number of hydrogen-bond donors (Lipinski definition) is 3. The van der Waals surface area contributed by atoms with Crippen molar-refractivity contribution >= 4 is 78.8 Å². The molecule has 6 aromatic rings. The minimum Gasteiger partial charge on any atom is -0.478 e. The number of hydrogen-bond acceptors (Lipinski definition) is 9. The molecule has 240 valence electrons. The highest BCUT2D eigenvalue weighted by Crippen LogP contribution is 2.23. The maximum Gasteiger partial charge on any atom is 0.335 e. The Kier molecular flexibility index (Phi) is 11.7. The molecular weight excluding hydrogens is 629 g/mol. The number of carbonyl (C=O) groups excluding carboxylic acids is 1. The molecule has 2 aromatic carbocycles. The van der Waals surface area contributed by atoms with Gasteiger partial charge in [-0.15, -0.1) is 0 Å². The molecule has 0 saturated carbocycles. The molecule has 0 fully saturated rings. The third-order valence-electron chi connectivity index (χ3n) is 6.68. The number of aryl methyl sites for hydroxylation is 4. The fourth-order valence-corrected chi connectivity index (χ4v) is 6.08. The molecule has 0 aliphatic rings. The molecule has 0 atom stereocenters. The van der Waals surface area contributed by atoms with Crippen molar-refractivity contribution in [2.45, 2.75) is 41.5 Å². The van der Waals surface area contributed by atoms with Gasteiger partial charge in [0.15, 0.2) is 0 Å². The number of allylic oxidation sites excluding steroid dienone is 2. The van der Waals surface area contributed by atoms with Crippen molar-refractivity contribution in [3.63, 3.8) is 0 Å². The van der Waals surface area contributed by atoms with Gasteiger partial charge < -0.3 is 16.2 Å². The fraction of sp³-hybridized carbons (Fsp3) is 0.167. The standard InChI is InChI=1S/C18H17N3OS.C11H12O2.C7H7N3S/c1-4-5-13-6-7-15(11(2)8-13)17(22)21-14-9-16-18(19-10-14)23-12(3)20-16;1-3-4-9-5-6-10(11(12)13)8(2)7-9;1-4-10-6-2-5(8)3-9-7(6)11-4/h4-10H,1-3H3,(H,21,22);3-7H,1-2H3,(H,12,13);2-3H,8H2,1H3/b5-4+;4-3+;. The second kappa shape index (κ2) is 15.8. The zero-order valence-corrected chi connectivity index (χ0v) is 28.7. The summed E-state index contributed by atoms with van der Waals surface area (Å²) in [5.41, 5.74) is 13.5. The number of fused-ring (bicyclic) bond motifs is 2. The number of nitrogen functional groups attached to an aromatic ring is 1. The smallest absolute Gasteiger partial charge is 0.335 e. The summed E-state index contributed by atoms with van der Waals surface area (Å²) in [6.07, 6.45) is 11.2. The van der Waals surface area contributed by atoms with E-state index in [1.807, 2.05) is 95.3 Å². The quantitative estimate of drug-likeness (QED) is 0.166. The molecule has 11 heteroatoms. The third kappa shape index (κ3) is 9.38. The Bertz CT molecular complexity index is 2110. The van der Waals surface area contributed by atoms with Crippen molar-refractivity contribution < 1.29 is 14.7 Å². The van der Waals surface area contributed by atoms with E-state index in [0.29, 0.717) is 22.5 Å². The van der Waals surface area contributed by atoms with Crippen LogP contribution in [-0.4, -0.2) is 36.9 Å². The molecule has 4 aromatic heterocycles. The Morgan fingerprint density at radius 2 is 1.26 bits per heavy atom. The summed E-state index contributed by atoms with van der Waals surface area (Å²) in [4.78, 5) is 42.1. The van der Waals surface area contributed by atoms with Crippen molar-refractivity contribution in [3.05, 3.63) is 116 Å². The van der Waals surface area contributed by atoms with Gasteiger partial charge >= 0.3 is 5.97 Å². The first-order valence-corrected chi connectivity index (χ1v) is 16.3. The van der Waals surface area contributed by atoms with Crippen LogP contribution in [0.2, 0.25) is 0 Å². The van der Waals surface area contributed by atoms with Gasteiger partial charge in [-0.05, 0) is 88.1 Å². The molecular formula is C36H36N6O3S2. The Morgan fingerprint density at radius 1 is 0.745 bits per heavy atom. The molecule has 4 heterocycles. The van der Waals surface area contributed by atoms with Gasteiger partial charge in [-0.2, -0.15) is 0 Å². The number of carboxylic acid groups (broad SMARTS) is 1. The van der Waals surface area contributed by atoms with Crippen LogP contribution in [0.4, 0.5) is 11.4 Å². The van der Waals surface area contributed by atoms with Crippen LogP contribution in [0.15, 0.2) is 73.1 Å². The highest BCUT2D eigenvalue weighted by Gasteiger charge is 2.11. The van der Waals surface area contributed by atoms with Crippen LogP contribution in [0.3, 0.4) is 0 Å². The Labute approximate surface area is 281 Å². The van der Waals surface area contributed by atoms with Crippen molar-refractivity contribution in [1.29, 1.82) is 0 Å². The molecule has 0 aliphatic carbocycles. The molecule has 0 aliphatic heterocycles. The molecule has 0 radical (unpaired) electrons. The number of pyridine rings is 2. The van der Waals surface area contributed by atoms with Crippen molar-refractivity contribution in [1.82, 2.24) is 19.9 Å². The van der Waals surface area contributed by atoms with E-state index in [4.69, 9.17) is 10.8 Å². The zero-order valence-electron chi connectivity index (χ0n) is 27.0. The van der Waals surface area contributed by atoms with E-state index in [1.165, 1.54) is 0 Å². The van der Waals surface area contributed by atoms with Crippen molar-refractivity contribution in [2.24, 2.45) is 0 Å². The molecule has 9 nitrogen and oxygen atoms in total. The summed E-state index contributed by atoms with van der Waals surface area (Å²) >= 11 is 3.13. The highest BCUT2D eigenvalue weighted by atomic mass is 32.1. The predicted octanol–water partition coefficient (Wildman–Crippen LogP) is 8.90. The summed E-state index contributed by atoms with van der Waals surface area (Å²) in [7, 11) is 0. The van der Waals surface area contributed by atoms with E-state index in [0.717, 1.165) is 53.0 Å². The normalized spacial score (nSPS) is 10.9. The lowest BCUT2D eigenvalue weighted by molar-refractivity contribution is 0.0696. The number of aromatic carboxylic acids is 1. The van der Waals surface area contributed by atoms with Crippen LogP contribution < -0.4 is 11.1 Å². The third-order valence-corrected chi connectivity index (χ3v) is 8.47. The molecule has 0 saturated heterocycles. The number of nitrogens with two attached hydrogens (primary N) is 1. The van der Waals surface area contributed by atoms with E-state index in [9.17, 15) is 9.59 Å². The number of carboxylic acids is 1. The maximum absolute atomic E-state index is 12.5. The Hall–Kier alpha value is -5.26. The minimum absolute atomic E-state index is 0.136. The number of aromatic nitrogens is 4. The van der Waals surface area contributed by atoms with Gasteiger partial charge in [0.05, 0.1) is 39.3 Å². The van der Waals surface area contributed by atoms with Crippen LogP contribution >= 0.6 is 22.7 Å². The van der Waals surface area contributed by atoms with Crippen LogP contribution in [0.1, 0.15) is 66.8 Å². The second-order valence-corrected chi connectivity index (χ2v) is 12.9. The number of anilines is 2. The largest absolute Gasteiger partial charge is 0.478 e. The lowest BCUT2D eigenvalue weighted by Gasteiger charge is -2.08. The topological polar surface area (TPSA) is 144 Å². The van der Waals surface area contributed by atoms with Gasteiger partial charge in [0, 0.05) is 5.56 Å². The fourth-order valence-electron chi connectivity index (χ4n) is 4.61. The molecule has 6 rings (SSSR count). The SMILES string of the molecule is C/C=C/c1ccc(C(=O)Nc2cnc3sc(C)nc3c2)c(C)c1.C/C=C/c1ccc(C(=O)O)c(C)c1.Cc1nc2cc(N)cnc2s1. The average Bonchev–Trinajstić information content (AvgIpc) is 3.57. The van der Waals surface area contributed by atoms with E-state index < -0.39 is 5.97 Å². The van der Waals surface area contributed by atoms with Crippen LogP contribution in [0, 0.1) is 27.7 Å². The second-order valence-electron chi connectivity index (χ2n) is 10.5. The molecule has 0 bridgehead atoms. The maximum atomic E-state index is 12.5. The number of carbonyl (C=O) groups is 2. The van der Waals surface area contributed by atoms with Gasteiger partial charge in [0.2, 0.25) is 0 Å². The van der Waals surface area contributed by atoms with E-state index >= 15 is 0 Å². The summed E-state index contributed by atoms with van der Waals surface area (Å²) in [6, 6.07) is 14.8.